The topological polar surface area (TPSA) is 48.6 Å². The van der Waals surface area contributed by atoms with E-state index in [1.54, 1.807) is 0 Å². The van der Waals surface area contributed by atoms with Crippen molar-refractivity contribution in [2.24, 2.45) is 5.73 Å². The third kappa shape index (κ3) is 3.00. The molecule has 5 heteroatoms. The Balaban J connectivity index is 1.56. The molecule has 1 aromatic carbocycles. The predicted molar refractivity (Wildman–Crippen MR) is 106 cm³/mol. The van der Waals surface area contributed by atoms with Gasteiger partial charge in [0.25, 0.3) is 0 Å². The standard InChI is InChI=1S/C21H29N5/c1-16-21(18-8-4-3-7-17(18)19(15-22)24(16)2)26-13-11-25(12-14-26)20-9-5-6-10-23-20/h3-10,16,19,21H,11-15,22H2,1-2H3. The highest BCUT2D eigenvalue weighted by Crippen LogP contribution is 2.40. The summed E-state index contributed by atoms with van der Waals surface area (Å²) in [5.41, 5.74) is 8.96. The van der Waals surface area contributed by atoms with Crippen LogP contribution in [0.4, 0.5) is 5.82 Å². The van der Waals surface area contributed by atoms with E-state index in [2.05, 4.69) is 70.1 Å². The van der Waals surface area contributed by atoms with E-state index in [-0.39, 0.29) is 0 Å². The Hall–Kier alpha value is -1.95. The molecule has 3 unspecified atom stereocenters. The highest BCUT2D eigenvalue weighted by Gasteiger charge is 2.39. The van der Waals surface area contributed by atoms with Gasteiger partial charge in [-0.3, -0.25) is 9.80 Å². The number of benzene rings is 1. The van der Waals surface area contributed by atoms with E-state index in [1.165, 1.54) is 11.1 Å². The van der Waals surface area contributed by atoms with Crippen LogP contribution in [-0.4, -0.2) is 60.6 Å². The molecule has 5 nitrogen and oxygen atoms in total. The molecular formula is C21H29N5. The van der Waals surface area contributed by atoms with Crippen molar-refractivity contribution in [2.45, 2.75) is 25.0 Å². The first-order valence-electron chi connectivity index (χ1n) is 9.61. The first-order valence-corrected chi connectivity index (χ1v) is 9.61. The molecular weight excluding hydrogens is 322 g/mol. The smallest absolute Gasteiger partial charge is 0.128 e. The predicted octanol–water partition coefficient (Wildman–Crippen LogP) is 2.28. The minimum absolute atomic E-state index is 0.312. The molecule has 3 heterocycles. The summed E-state index contributed by atoms with van der Waals surface area (Å²) in [5, 5.41) is 0. The lowest BCUT2D eigenvalue weighted by atomic mass is 9.84. The monoisotopic (exact) mass is 351 g/mol. The van der Waals surface area contributed by atoms with Crippen molar-refractivity contribution >= 4 is 5.82 Å². The molecule has 0 spiro atoms. The minimum atomic E-state index is 0.312. The van der Waals surface area contributed by atoms with Crippen molar-refractivity contribution in [1.82, 2.24) is 14.8 Å². The van der Waals surface area contributed by atoms with Gasteiger partial charge in [0.05, 0.1) is 6.04 Å². The number of likely N-dealkylation sites (N-methyl/N-ethyl adjacent to an activating group) is 1. The fraction of sp³-hybridized carbons (Fsp3) is 0.476. The molecule has 1 aromatic heterocycles. The fourth-order valence-electron chi connectivity index (χ4n) is 4.63. The Labute approximate surface area is 156 Å². The SMILES string of the molecule is CC1C(N2CCN(c3ccccn3)CC2)c2ccccc2C(CN)N1C. The second-order valence-corrected chi connectivity index (χ2v) is 7.44. The molecule has 2 aromatic rings. The van der Waals surface area contributed by atoms with Gasteiger partial charge in [-0.15, -0.1) is 0 Å². The first-order chi connectivity index (χ1) is 12.7. The lowest BCUT2D eigenvalue weighted by molar-refractivity contribution is 0.0558. The number of rotatable bonds is 3. The summed E-state index contributed by atoms with van der Waals surface area (Å²) in [4.78, 5) is 12.0. The van der Waals surface area contributed by atoms with Crippen molar-refractivity contribution in [3.8, 4) is 0 Å². The average Bonchev–Trinajstić information content (AvgIpc) is 2.70. The summed E-state index contributed by atoms with van der Waals surface area (Å²) in [6.45, 7) is 7.16. The van der Waals surface area contributed by atoms with E-state index in [0.29, 0.717) is 24.7 Å². The molecule has 0 radical (unpaired) electrons. The Morgan fingerprint density at radius 2 is 1.69 bits per heavy atom. The van der Waals surface area contributed by atoms with E-state index < -0.39 is 0 Å². The number of piperazine rings is 1. The number of hydrogen-bond donors (Lipinski definition) is 1. The van der Waals surface area contributed by atoms with Gasteiger partial charge in [-0.2, -0.15) is 0 Å². The Bertz CT molecular complexity index is 726. The van der Waals surface area contributed by atoms with Crippen molar-refractivity contribution in [3.63, 3.8) is 0 Å². The number of nitrogens with zero attached hydrogens (tertiary/aromatic N) is 4. The zero-order valence-corrected chi connectivity index (χ0v) is 15.8. The van der Waals surface area contributed by atoms with E-state index in [1.807, 2.05) is 12.3 Å². The number of anilines is 1. The Morgan fingerprint density at radius 3 is 2.35 bits per heavy atom. The van der Waals surface area contributed by atoms with E-state index in [0.717, 1.165) is 32.0 Å². The van der Waals surface area contributed by atoms with Crippen LogP contribution in [0.5, 0.6) is 0 Å². The molecule has 3 atom stereocenters. The van der Waals surface area contributed by atoms with E-state index in [4.69, 9.17) is 5.73 Å². The Morgan fingerprint density at radius 1 is 1.00 bits per heavy atom. The molecule has 1 saturated heterocycles. The number of fused-ring (bicyclic) bond motifs is 1. The molecule has 2 aliphatic rings. The van der Waals surface area contributed by atoms with E-state index >= 15 is 0 Å². The largest absolute Gasteiger partial charge is 0.354 e. The highest BCUT2D eigenvalue weighted by molar-refractivity contribution is 5.40. The van der Waals surface area contributed by atoms with Gasteiger partial charge in [-0.25, -0.2) is 4.98 Å². The summed E-state index contributed by atoms with van der Waals surface area (Å²) < 4.78 is 0. The van der Waals surface area contributed by atoms with Gasteiger partial charge < -0.3 is 10.6 Å². The summed E-state index contributed by atoms with van der Waals surface area (Å²) >= 11 is 0. The molecule has 0 aliphatic carbocycles. The number of hydrogen-bond acceptors (Lipinski definition) is 5. The van der Waals surface area contributed by atoms with Crippen LogP contribution in [0, 0.1) is 0 Å². The van der Waals surface area contributed by atoms with Crippen LogP contribution in [-0.2, 0) is 0 Å². The van der Waals surface area contributed by atoms with Gasteiger partial charge in [0, 0.05) is 51.0 Å². The number of aromatic nitrogens is 1. The molecule has 0 bridgehead atoms. The molecule has 26 heavy (non-hydrogen) atoms. The lowest BCUT2D eigenvalue weighted by Crippen LogP contribution is -2.55. The third-order valence-corrected chi connectivity index (χ3v) is 6.17. The van der Waals surface area contributed by atoms with Gasteiger partial charge >= 0.3 is 0 Å². The average molecular weight is 351 g/mol. The second-order valence-electron chi connectivity index (χ2n) is 7.44. The summed E-state index contributed by atoms with van der Waals surface area (Å²) in [6, 6.07) is 16.2. The Kier molecular flexibility index (Phi) is 4.94. The highest BCUT2D eigenvalue weighted by atomic mass is 15.3. The molecule has 4 rings (SSSR count). The first kappa shape index (κ1) is 17.5. The zero-order valence-electron chi connectivity index (χ0n) is 15.8. The van der Waals surface area contributed by atoms with Crippen LogP contribution < -0.4 is 10.6 Å². The van der Waals surface area contributed by atoms with Gasteiger partial charge in [0.1, 0.15) is 5.82 Å². The summed E-state index contributed by atoms with van der Waals surface area (Å²) in [7, 11) is 2.22. The molecule has 0 saturated carbocycles. The van der Waals surface area contributed by atoms with Crippen LogP contribution in [0.3, 0.4) is 0 Å². The van der Waals surface area contributed by atoms with Gasteiger partial charge in [0.15, 0.2) is 0 Å². The summed E-state index contributed by atoms with van der Waals surface area (Å²) in [6.07, 6.45) is 1.88. The van der Waals surface area contributed by atoms with Crippen molar-refractivity contribution in [3.05, 3.63) is 59.8 Å². The quantitative estimate of drug-likeness (QED) is 0.919. The molecule has 2 aliphatic heterocycles. The zero-order chi connectivity index (χ0) is 18.1. The molecule has 0 amide bonds. The molecule has 138 valence electrons. The fourth-order valence-corrected chi connectivity index (χ4v) is 4.63. The van der Waals surface area contributed by atoms with Crippen molar-refractivity contribution in [1.29, 1.82) is 0 Å². The maximum atomic E-state index is 6.11. The number of nitrogens with two attached hydrogens (primary N) is 1. The number of pyridine rings is 1. The normalized spacial score (nSPS) is 27.3. The van der Waals surface area contributed by atoms with E-state index in [9.17, 15) is 0 Å². The summed E-state index contributed by atoms with van der Waals surface area (Å²) in [5.74, 6) is 1.09. The van der Waals surface area contributed by atoms with Crippen molar-refractivity contribution in [2.75, 3.05) is 44.7 Å². The maximum Gasteiger partial charge on any atom is 0.128 e. The lowest BCUT2D eigenvalue weighted by Gasteiger charge is -2.50. The maximum absolute atomic E-state index is 6.11. The van der Waals surface area contributed by atoms with Crippen molar-refractivity contribution < 1.29 is 0 Å². The third-order valence-electron chi connectivity index (χ3n) is 6.17. The van der Waals surface area contributed by atoms with Crippen LogP contribution in [0.25, 0.3) is 0 Å². The van der Waals surface area contributed by atoms with Crippen LogP contribution in [0.2, 0.25) is 0 Å². The van der Waals surface area contributed by atoms with Gasteiger partial charge in [-0.05, 0) is 37.2 Å². The molecule has 1 fully saturated rings. The van der Waals surface area contributed by atoms with Crippen LogP contribution in [0.1, 0.15) is 30.1 Å². The van der Waals surface area contributed by atoms with Crippen LogP contribution in [0.15, 0.2) is 48.7 Å². The minimum Gasteiger partial charge on any atom is -0.354 e. The molecule has 2 N–H and O–H groups in total. The van der Waals surface area contributed by atoms with Gasteiger partial charge in [0.2, 0.25) is 0 Å². The van der Waals surface area contributed by atoms with Crippen LogP contribution >= 0.6 is 0 Å². The van der Waals surface area contributed by atoms with Gasteiger partial charge in [-0.1, -0.05) is 30.3 Å². The second kappa shape index (κ2) is 7.35.